The van der Waals surface area contributed by atoms with E-state index in [1.165, 1.54) is 5.56 Å². The Kier molecular flexibility index (Phi) is 5.78. The Balaban J connectivity index is 2.50. The molecule has 0 spiro atoms. The highest BCUT2D eigenvalue weighted by atomic mass is 16.6. The molecule has 1 rings (SSSR count). The molecule has 0 aliphatic rings. The minimum atomic E-state index is -0.473. The standard InChI is InChI=1S/C17H28N2O2/c1-16(2,3)21-15(20)19(6)17(4,5)13-18-12-14-10-8-7-9-11-14/h7-11,18H,12-13H2,1-6H3. The van der Waals surface area contributed by atoms with E-state index in [-0.39, 0.29) is 11.6 Å². The first kappa shape index (κ1) is 17.5. The highest BCUT2D eigenvalue weighted by molar-refractivity contribution is 5.68. The van der Waals surface area contributed by atoms with Gasteiger partial charge in [-0.1, -0.05) is 30.3 Å². The lowest BCUT2D eigenvalue weighted by atomic mass is 10.0. The molecule has 0 saturated heterocycles. The molecular formula is C17H28N2O2. The summed E-state index contributed by atoms with van der Waals surface area (Å²) in [6.45, 7) is 11.1. The van der Waals surface area contributed by atoms with Gasteiger partial charge < -0.3 is 15.0 Å². The SMILES string of the molecule is CN(C(=O)OC(C)(C)C)C(C)(C)CNCc1ccccc1. The van der Waals surface area contributed by atoms with Gasteiger partial charge in [-0.3, -0.25) is 0 Å². The van der Waals surface area contributed by atoms with Crippen molar-refractivity contribution < 1.29 is 9.53 Å². The van der Waals surface area contributed by atoms with Crippen molar-refractivity contribution in [3.05, 3.63) is 35.9 Å². The van der Waals surface area contributed by atoms with E-state index in [9.17, 15) is 4.79 Å². The van der Waals surface area contributed by atoms with Gasteiger partial charge in [0.2, 0.25) is 0 Å². The molecule has 1 aromatic carbocycles. The third-order valence-corrected chi connectivity index (χ3v) is 3.30. The molecule has 118 valence electrons. The highest BCUT2D eigenvalue weighted by Gasteiger charge is 2.30. The molecule has 0 unspecified atom stereocenters. The first-order chi connectivity index (χ1) is 9.62. The van der Waals surface area contributed by atoms with Crippen LogP contribution in [-0.4, -0.2) is 35.7 Å². The zero-order valence-corrected chi connectivity index (χ0v) is 14.1. The minimum Gasteiger partial charge on any atom is -0.444 e. The number of hydrogen-bond donors (Lipinski definition) is 1. The average Bonchev–Trinajstić information content (AvgIpc) is 2.37. The summed E-state index contributed by atoms with van der Waals surface area (Å²) in [5, 5.41) is 3.39. The van der Waals surface area contributed by atoms with Gasteiger partial charge in [-0.25, -0.2) is 4.79 Å². The van der Waals surface area contributed by atoms with E-state index in [0.717, 1.165) is 6.54 Å². The van der Waals surface area contributed by atoms with Crippen LogP contribution in [0.15, 0.2) is 30.3 Å². The second-order valence-electron chi connectivity index (χ2n) is 6.94. The lowest BCUT2D eigenvalue weighted by Gasteiger charge is -2.36. The number of likely N-dealkylation sites (N-methyl/N-ethyl adjacent to an activating group) is 1. The van der Waals surface area contributed by atoms with Crippen LogP contribution in [0.3, 0.4) is 0 Å². The molecule has 0 fully saturated rings. The molecular weight excluding hydrogens is 264 g/mol. The molecule has 1 aromatic rings. The van der Waals surface area contributed by atoms with Crippen LogP contribution in [0.2, 0.25) is 0 Å². The fraction of sp³-hybridized carbons (Fsp3) is 0.588. The van der Waals surface area contributed by atoms with Gasteiger partial charge in [0.25, 0.3) is 0 Å². The van der Waals surface area contributed by atoms with E-state index in [1.54, 1.807) is 11.9 Å². The van der Waals surface area contributed by atoms with E-state index < -0.39 is 5.60 Å². The molecule has 0 atom stereocenters. The Morgan fingerprint density at radius 1 is 1.14 bits per heavy atom. The smallest absolute Gasteiger partial charge is 0.410 e. The van der Waals surface area contributed by atoms with Gasteiger partial charge in [-0.15, -0.1) is 0 Å². The zero-order valence-electron chi connectivity index (χ0n) is 14.1. The van der Waals surface area contributed by atoms with Crippen LogP contribution in [0, 0.1) is 0 Å². The highest BCUT2D eigenvalue weighted by Crippen LogP contribution is 2.16. The Morgan fingerprint density at radius 3 is 2.24 bits per heavy atom. The van der Waals surface area contributed by atoms with Gasteiger partial charge in [0.1, 0.15) is 5.60 Å². The van der Waals surface area contributed by atoms with Gasteiger partial charge in [-0.2, -0.15) is 0 Å². The van der Waals surface area contributed by atoms with Gasteiger partial charge in [0, 0.05) is 20.1 Å². The average molecular weight is 292 g/mol. The first-order valence-corrected chi connectivity index (χ1v) is 7.33. The predicted molar refractivity (Wildman–Crippen MR) is 86.2 cm³/mol. The fourth-order valence-corrected chi connectivity index (χ4v) is 1.80. The van der Waals surface area contributed by atoms with Gasteiger partial charge >= 0.3 is 6.09 Å². The summed E-state index contributed by atoms with van der Waals surface area (Å²) in [6.07, 6.45) is -0.297. The lowest BCUT2D eigenvalue weighted by Crippen LogP contribution is -2.52. The molecule has 1 amide bonds. The van der Waals surface area contributed by atoms with Crippen LogP contribution < -0.4 is 5.32 Å². The van der Waals surface area contributed by atoms with E-state index >= 15 is 0 Å². The second-order valence-corrected chi connectivity index (χ2v) is 6.94. The van der Waals surface area contributed by atoms with Crippen molar-refractivity contribution in [3.63, 3.8) is 0 Å². The number of nitrogens with one attached hydrogen (secondary N) is 1. The van der Waals surface area contributed by atoms with Crippen LogP contribution in [0.5, 0.6) is 0 Å². The number of ether oxygens (including phenoxy) is 1. The third kappa shape index (κ3) is 6.17. The number of hydrogen-bond acceptors (Lipinski definition) is 3. The molecule has 0 aromatic heterocycles. The van der Waals surface area contributed by atoms with E-state index in [2.05, 4.69) is 17.4 Å². The van der Waals surface area contributed by atoms with Crippen LogP contribution in [0.25, 0.3) is 0 Å². The second kappa shape index (κ2) is 6.94. The van der Waals surface area contributed by atoms with Crippen LogP contribution >= 0.6 is 0 Å². The summed E-state index contributed by atoms with van der Waals surface area (Å²) < 4.78 is 5.41. The Hall–Kier alpha value is -1.55. The largest absolute Gasteiger partial charge is 0.444 e. The van der Waals surface area contributed by atoms with Gasteiger partial charge in [-0.05, 0) is 40.2 Å². The summed E-state index contributed by atoms with van der Waals surface area (Å²) >= 11 is 0. The van der Waals surface area contributed by atoms with Crippen molar-refractivity contribution in [1.82, 2.24) is 10.2 Å². The topological polar surface area (TPSA) is 41.6 Å². The molecule has 1 N–H and O–H groups in total. The predicted octanol–water partition coefficient (Wildman–Crippen LogP) is 3.42. The molecule has 0 heterocycles. The summed E-state index contributed by atoms with van der Waals surface area (Å²) in [5.41, 5.74) is 0.434. The summed E-state index contributed by atoms with van der Waals surface area (Å²) in [4.78, 5) is 13.8. The zero-order chi connectivity index (χ0) is 16.1. The molecule has 0 aliphatic heterocycles. The molecule has 0 radical (unpaired) electrons. The molecule has 0 saturated carbocycles. The maximum absolute atomic E-state index is 12.1. The lowest BCUT2D eigenvalue weighted by molar-refractivity contribution is 0.0112. The molecule has 0 bridgehead atoms. The third-order valence-electron chi connectivity index (χ3n) is 3.30. The van der Waals surface area contributed by atoms with Crippen LogP contribution in [-0.2, 0) is 11.3 Å². The van der Waals surface area contributed by atoms with Gasteiger partial charge in [0.15, 0.2) is 0 Å². The maximum Gasteiger partial charge on any atom is 0.410 e. The number of rotatable bonds is 5. The van der Waals surface area contributed by atoms with Crippen molar-refractivity contribution in [3.8, 4) is 0 Å². The summed E-state index contributed by atoms with van der Waals surface area (Å²) in [7, 11) is 1.78. The number of benzene rings is 1. The number of nitrogens with zero attached hydrogens (tertiary/aromatic N) is 1. The number of carbonyl (C=O) groups is 1. The molecule has 21 heavy (non-hydrogen) atoms. The Morgan fingerprint density at radius 2 is 1.71 bits per heavy atom. The van der Waals surface area contributed by atoms with E-state index in [4.69, 9.17) is 4.74 Å². The van der Waals surface area contributed by atoms with E-state index in [1.807, 2.05) is 52.8 Å². The fourth-order valence-electron chi connectivity index (χ4n) is 1.80. The number of amides is 1. The van der Waals surface area contributed by atoms with Crippen LogP contribution in [0.4, 0.5) is 4.79 Å². The Labute approximate surface area is 128 Å². The van der Waals surface area contributed by atoms with Crippen molar-refractivity contribution in [2.24, 2.45) is 0 Å². The van der Waals surface area contributed by atoms with Crippen molar-refractivity contribution >= 4 is 6.09 Å². The normalized spacial score (nSPS) is 12.1. The monoisotopic (exact) mass is 292 g/mol. The number of carbonyl (C=O) groups excluding carboxylic acids is 1. The van der Waals surface area contributed by atoms with Crippen molar-refractivity contribution in [2.45, 2.75) is 52.3 Å². The summed E-state index contributed by atoms with van der Waals surface area (Å²) in [6, 6.07) is 10.2. The molecule has 0 aliphatic carbocycles. The molecule has 4 nitrogen and oxygen atoms in total. The maximum atomic E-state index is 12.1. The minimum absolute atomic E-state index is 0.297. The summed E-state index contributed by atoms with van der Waals surface area (Å²) in [5.74, 6) is 0. The van der Waals surface area contributed by atoms with Crippen LogP contribution in [0.1, 0.15) is 40.2 Å². The van der Waals surface area contributed by atoms with Crippen molar-refractivity contribution in [1.29, 1.82) is 0 Å². The Bertz CT molecular complexity index is 450. The first-order valence-electron chi connectivity index (χ1n) is 7.33. The quantitative estimate of drug-likeness (QED) is 0.904. The van der Waals surface area contributed by atoms with Crippen molar-refractivity contribution in [2.75, 3.05) is 13.6 Å². The molecule has 4 heteroatoms. The van der Waals surface area contributed by atoms with Gasteiger partial charge in [0.05, 0.1) is 5.54 Å². The van der Waals surface area contributed by atoms with E-state index in [0.29, 0.717) is 6.54 Å².